The highest BCUT2D eigenvalue weighted by Gasteiger charge is 2.47. The molecule has 0 saturated carbocycles. The van der Waals surface area contributed by atoms with E-state index in [1.54, 1.807) is 19.1 Å². The summed E-state index contributed by atoms with van der Waals surface area (Å²) in [5, 5.41) is 13.3. The summed E-state index contributed by atoms with van der Waals surface area (Å²) >= 11 is 0. The Morgan fingerprint density at radius 3 is 1.52 bits per heavy atom. The highest BCUT2D eigenvalue weighted by Crippen LogP contribution is 2.53. The molecular weight excluding hydrogens is 1290 g/mol. The maximum absolute atomic E-state index is 14.5. The third-order valence-electron chi connectivity index (χ3n) is 15.4. The number of nitrogens with zero attached hydrogens (tertiary/aromatic N) is 5. The Morgan fingerprint density at radius 1 is 0.585 bits per heavy atom. The predicted octanol–water partition coefficient (Wildman–Crippen LogP) is 11.4. The molecule has 6 amide bonds. The van der Waals surface area contributed by atoms with Gasteiger partial charge in [0.25, 0.3) is 0 Å². The van der Waals surface area contributed by atoms with Gasteiger partial charge in [0, 0.05) is 77.4 Å². The molecule has 3 aromatic carbocycles. The number of carbonyl (C=O) groups excluding carboxylic acids is 6. The minimum absolute atomic E-state index is 0.00629. The van der Waals surface area contributed by atoms with Crippen molar-refractivity contribution in [3.05, 3.63) is 95.6 Å². The van der Waals surface area contributed by atoms with Gasteiger partial charge >= 0.3 is 48.3 Å². The van der Waals surface area contributed by atoms with Gasteiger partial charge in [-0.1, -0.05) is 88.7 Å². The Labute approximate surface area is 540 Å². The summed E-state index contributed by atoms with van der Waals surface area (Å²) in [7, 11) is 1.57. The molecule has 524 valence electrons. The Kier molecular flexibility index (Phi) is 31.6. The lowest BCUT2D eigenvalue weighted by molar-refractivity contribution is -0.187. The van der Waals surface area contributed by atoms with Crippen molar-refractivity contribution in [3.8, 4) is 17.6 Å². The van der Waals surface area contributed by atoms with Crippen molar-refractivity contribution in [2.75, 3.05) is 86.3 Å². The van der Waals surface area contributed by atoms with Gasteiger partial charge in [-0.3, -0.25) is 28.8 Å². The van der Waals surface area contributed by atoms with Crippen LogP contribution in [0.5, 0.6) is 11.5 Å². The fourth-order valence-electron chi connectivity index (χ4n) is 10.9. The van der Waals surface area contributed by atoms with Crippen molar-refractivity contribution in [3.63, 3.8) is 0 Å². The van der Waals surface area contributed by atoms with Crippen LogP contribution in [-0.4, -0.2) is 184 Å². The molecule has 0 bridgehead atoms. The van der Waals surface area contributed by atoms with Gasteiger partial charge in [-0.15, -0.1) is 0 Å². The van der Waals surface area contributed by atoms with Crippen molar-refractivity contribution in [1.82, 2.24) is 30.2 Å². The molecule has 94 heavy (non-hydrogen) atoms. The first-order valence-electron chi connectivity index (χ1n) is 30.6. The summed E-state index contributed by atoms with van der Waals surface area (Å²) in [6, 6.07) is 26.2. The topological polar surface area (TPSA) is 209 Å². The van der Waals surface area contributed by atoms with Crippen molar-refractivity contribution >= 4 is 43.8 Å². The number of amides is 6. The van der Waals surface area contributed by atoms with Gasteiger partial charge in [0.15, 0.2) is 8.38 Å². The second kappa shape index (κ2) is 37.4. The number of rotatable bonds is 38. The van der Waals surface area contributed by atoms with Crippen LogP contribution in [0.25, 0.3) is 0 Å². The second-order valence-corrected chi connectivity index (χ2v) is 24.6. The minimum Gasteiger partial charge on any atom is -0.497 e. The first-order chi connectivity index (χ1) is 44.2. The maximum atomic E-state index is 14.5. The van der Waals surface area contributed by atoms with Gasteiger partial charge < -0.3 is 53.5 Å². The van der Waals surface area contributed by atoms with Gasteiger partial charge in [-0.05, 0) is 97.7 Å². The number of hydrogen-bond donors (Lipinski definition) is 2. The summed E-state index contributed by atoms with van der Waals surface area (Å²) in [5.41, 5.74) is 1.07. The van der Waals surface area contributed by atoms with Gasteiger partial charge in [-0.2, -0.15) is 57.9 Å². The van der Waals surface area contributed by atoms with E-state index >= 15 is 0 Å². The van der Waals surface area contributed by atoms with Crippen LogP contribution >= 0.6 is 8.38 Å². The molecule has 3 aromatic rings. The average Bonchev–Trinajstić information content (AvgIpc) is 0.849. The van der Waals surface area contributed by atoms with E-state index in [1.807, 2.05) is 78.9 Å². The van der Waals surface area contributed by atoms with E-state index in [0.717, 1.165) is 16.7 Å². The number of likely N-dealkylation sites (tertiary alicyclic amines) is 1. The summed E-state index contributed by atoms with van der Waals surface area (Å²) in [4.78, 5) is 77.5. The highest BCUT2D eigenvalue weighted by molar-refractivity contribution is 7.48. The monoisotopic (exact) mass is 1370 g/mol. The number of nitrogens with one attached hydrogen (secondary N) is 2. The number of nitriles is 1. The molecular formula is C63H82F12N7O11P. The van der Waals surface area contributed by atoms with Crippen molar-refractivity contribution < 1.29 is 105 Å². The lowest BCUT2D eigenvalue weighted by Gasteiger charge is -2.38. The molecule has 18 nitrogen and oxygen atoms in total. The molecule has 0 aromatic heterocycles. The molecule has 1 fully saturated rings. The van der Waals surface area contributed by atoms with Crippen LogP contribution in [0.1, 0.15) is 115 Å². The van der Waals surface area contributed by atoms with E-state index in [0.29, 0.717) is 37.2 Å². The zero-order valence-corrected chi connectivity index (χ0v) is 54.1. The third kappa shape index (κ3) is 24.7. The quantitative estimate of drug-likeness (QED) is 0.0238. The lowest BCUT2D eigenvalue weighted by atomic mass is 9.80. The second-order valence-electron chi connectivity index (χ2n) is 22.9. The zero-order valence-electron chi connectivity index (χ0n) is 53.2. The molecule has 0 aliphatic carbocycles. The number of alkyl halides is 12. The van der Waals surface area contributed by atoms with Crippen molar-refractivity contribution in [2.24, 2.45) is 11.8 Å². The Morgan fingerprint density at radius 2 is 1.05 bits per heavy atom. The molecule has 4 rings (SSSR count). The molecule has 1 aliphatic heterocycles. The van der Waals surface area contributed by atoms with Gasteiger partial charge in [0.05, 0.1) is 52.1 Å². The molecule has 1 aliphatic rings. The summed E-state index contributed by atoms with van der Waals surface area (Å²) in [6.45, 7) is 2.64. The molecule has 2 N–H and O–H groups in total. The van der Waals surface area contributed by atoms with Crippen LogP contribution < -0.4 is 20.1 Å². The van der Waals surface area contributed by atoms with Crippen LogP contribution in [0.2, 0.25) is 0 Å². The first-order valence-corrected chi connectivity index (χ1v) is 31.9. The van der Waals surface area contributed by atoms with Gasteiger partial charge in [0.2, 0.25) is 11.8 Å². The van der Waals surface area contributed by atoms with Crippen LogP contribution in [0, 0.1) is 23.2 Å². The Bertz CT molecular complexity index is 2850. The lowest BCUT2D eigenvalue weighted by Crippen LogP contribution is -2.46. The van der Waals surface area contributed by atoms with E-state index in [9.17, 15) is 86.7 Å². The largest absolute Gasteiger partial charge is 0.497 e. The van der Waals surface area contributed by atoms with E-state index < -0.39 is 158 Å². The Hall–Kier alpha value is -6.96. The van der Waals surface area contributed by atoms with E-state index in [4.69, 9.17) is 23.3 Å². The molecule has 0 radical (unpaired) electrons. The van der Waals surface area contributed by atoms with E-state index in [-0.39, 0.29) is 77.2 Å². The van der Waals surface area contributed by atoms with Crippen molar-refractivity contribution in [1.29, 1.82) is 5.26 Å². The smallest absolute Gasteiger partial charge is 0.471 e. The fourth-order valence-corrected chi connectivity index (χ4v) is 12.9. The average molecular weight is 1370 g/mol. The summed E-state index contributed by atoms with van der Waals surface area (Å²) in [6.07, 6.45) is -23.8. The molecule has 1 heterocycles. The van der Waals surface area contributed by atoms with E-state index in [1.165, 1.54) is 5.32 Å². The van der Waals surface area contributed by atoms with Crippen LogP contribution in [0.3, 0.4) is 0 Å². The zero-order chi connectivity index (χ0) is 70.0. The highest BCUT2D eigenvalue weighted by atomic mass is 31.2. The summed E-state index contributed by atoms with van der Waals surface area (Å²) in [5.74, 6) is -9.27. The van der Waals surface area contributed by atoms with Gasteiger partial charge in [-0.25, -0.2) is 0 Å². The summed E-state index contributed by atoms with van der Waals surface area (Å²) < 4.78 is 191. The number of carbonyl (C=O) groups is 6. The Balaban J connectivity index is 1.43. The normalized spacial score (nSPS) is 15.0. The van der Waals surface area contributed by atoms with Crippen molar-refractivity contribution in [2.45, 2.75) is 146 Å². The minimum atomic E-state index is -5.54. The number of ether oxygens (including phenoxy) is 3. The molecule has 1 unspecified atom stereocenters. The molecule has 1 saturated heterocycles. The number of methoxy groups -OCH3 is 2. The molecule has 3 atom stereocenters. The van der Waals surface area contributed by atoms with Gasteiger partial charge in [0.1, 0.15) is 17.1 Å². The fraction of sp³-hybridized carbons (Fsp3) is 0.603. The number of halogens is 12. The molecule has 31 heteroatoms. The van der Waals surface area contributed by atoms with Crippen LogP contribution in [0.15, 0.2) is 78.9 Å². The SMILES string of the molecule is COc1ccc(C(OC[C@@H]2C[C@@H](OP(OCCC#N)C(C(C)C)C(C)C)CN2C(=O)CCCCCNC(=O)CCN(CCCN(CCCCN(CCCNC(=O)C(F)(F)F)C(=O)C(F)(F)F)C(=O)C(F)(F)F)C(=O)C(F)(F)F)(c2ccccc2)c2ccc(OC)cc2)cc1. The first kappa shape index (κ1) is 79.5. The third-order valence-corrected chi connectivity index (χ3v) is 18.0. The van der Waals surface area contributed by atoms with Crippen LogP contribution in [0.4, 0.5) is 52.7 Å². The van der Waals surface area contributed by atoms with E-state index in [2.05, 4.69) is 39.1 Å². The predicted molar refractivity (Wildman–Crippen MR) is 321 cm³/mol. The molecule has 0 spiro atoms. The maximum Gasteiger partial charge on any atom is 0.471 e. The van der Waals surface area contributed by atoms with Crippen LogP contribution in [-0.2, 0) is 48.2 Å². The standard InChI is InChI=1S/C63H82F12N7O11P/c1-43(2)54(44(3)4)94(92-39-15-30-76)93-51-40-48(42-91-59(45-18-9-7-10-19-45,46-21-25-49(89-5)26-22-46)47-23-27-50(90-6)28-24-47)82(41-51)53(84)20-11-8-12-31-77-52(83)29-38-81(58(88)63(73,74)75)37-17-36-80(57(87)62(70,71)72)34-14-13-33-79(56(86)61(67,68)69)35-16-32-78-55(85)60(64,65)66/h7,9-10,18-19,21-28,43-44,48,51,54H,8,11-17,20,29,31-42H2,1-6H3,(H,77,83)(H,78,85)/t48-,51+,94?/m0/s1. The number of unbranched alkanes of at least 4 members (excludes halogenated alkanes) is 3. The number of benzene rings is 3. The number of hydrogen-bond acceptors (Lipinski definition) is 12.